The minimum atomic E-state index is -0.369. The summed E-state index contributed by atoms with van der Waals surface area (Å²) < 4.78 is 0. The first-order valence-corrected chi connectivity index (χ1v) is 7.62. The van der Waals surface area contributed by atoms with Gasteiger partial charge in [-0.3, -0.25) is 0 Å². The molecule has 0 aromatic carbocycles. The number of unbranched alkanes of at least 4 members (excludes halogenated alkanes) is 3. The molecular weight excluding hydrogens is 232 g/mol. The van der Waals surface area contributed by atoms with Crippen LogP contribution in [0.1, 0.15) is 58.8 Å². The molecule has 0 aliphatic rings. The Balaban J connectivity index is 3.56. The lowest BCUT2D eigenvalue weighted by atomic mass is 10.2. The van der Waals surface area contributed by atoms with Crippen molar-refractivity contribution < 1.29 is 5.11 Å². The van der Waals surface area contributed by atoms with Crippen molar-refractivity contribution in [3.63, 3.8) is 0 Å². The summed E-state index contributed by atoms with van der Waals surface area (Å²) in [5, 5.41) is 9.66. The van der Waals surface area contributed by atoms with Gasteiger partial charge in [-0.15, -0.1) is 0 Å². The van der Waals surface area contributed by atoms with E-state index in [0.717, 1.165) is 12.8 Å². The summed E-state index contributed by atoms with van der Waals surface area (Å²) in [6.07, 6.45) is 23.9. The second kappa shape index (κ2) is 15.0. The monoisotopic (exact) mass is 262 g/mol. The molecule has 0 bridgehead atoms. The number of hydrogen-bond donors (Lipinski definition) is 1. The van der Waals surface area contributed by atoms with Crippen LogP contribution in [-0.4, -0.2) is 11.2 Å². The largest absolute Gasteiger partial charge is 0.389 e. The van der Waals surface area contributed by atoms with E-state index in [4.69, 9.17) is 0 Å². The Morgan fingerprint density at radius 1 is 0.895 bits per heavy atom. The first-order valence-electron chi connectivity index (χ1n) is 7.62. The molecule has 1 nitrogen and oxygen atoms in total. The van der Waals surface area contributed by atoms with Gasteiger partial charge < -0.3 is 5.11 Å². The van der Waals surface area contributed by atoms with Crippen LogP contribution in [0.5, 0.6) is 0 Å². The average molecular weight is 262 g/mol. The summed E-state index contributed by atoms with van der Waals surface area (Å²) in [7, 11) is 0. The quantitative estimate of drug-likeness (QED) is 0.302. The number of allylic oxidation sites excluding steroid dienone is 6. The Morgan fingerprint density at radius 2 is 1.68 bits per heavy atom. The van der Waals surface area contributed by atoms with Gasteiger partial charge in [-0.05, 0) is 32.1 Å². The molecular formula is C18H30O. The van der Waals surface area contributed by atoms with Crippen molar-refractivity contribution in [3.8, 4) is 0 Å². The van der Waals surface area contributed by atoms with Crippen molar-refractivity contribution in [2.75, 3.05) is 0 Å². The van der Waals surface area contributed by atoms with E-state index in [1.165, 1.54) is 25.7 Å². The molecule has 0 heterocycles. The molecule has 108 valence electrons. The van der Waals surface area contributed by atoms with Crippen LogP contribution in [0.4, 0.5) is 0 Å². The van der Waals surface area contributed by atoms with E-state index in [-0.39, 0.29) is 6.10 Å². The van der Waals surface area contributed by atoms with Crippen LogP contribution in [0.2, 0.25) is 0 Å². The van der Waals surface area contributed by atoms with Gasteiger partial charge in [0, 0.05) is 0 Å². The second-order valence-corrected chi connectivity index (χ2v) is 4.70. The molecule has 0 fully saturated rings. The van der Waals surface area contributed by atoms with Crippen LogP contribution >= 0.6 is 0 Å². The fourth-order valence-corrected chi connectivity index (χ4v) is 1.62. The molecule has 0 radical (unpaired) electrons. The minimum Gasteiger partial charge on any atom is -0.389 e. The maximum atomic E-state index is 9.66. The van der Waals surface area contributed by atoms with Gasteiger partial charge in [-0.1, -0.05) is 75.3 Å². The zero-order valence-corrected chi connectivity index (χ0v) is 12.6. The van der Waals surface area contributed by atoms with Gasteiger partial charge in [0.25, 0.3) is 0 Å². The fraction of sp³-hybridized carbons (Fsp3) is 0.556. The maximum absolute atomic E-state index is 9.66. The van der Waals surface area contributed by atoms with Crippen molar-refractivity contribution in [1.82, 2.24) is 0 Å². The van der Waals surface area contributed by atoms with Crippen molar-refractivity contribution in [2.45, 2.75) is 64.9 Å². The third kappa shape index (κ3) is 14.9. The summed E-state index contributed by atoms with van der Waals surface area (Å²) in [5.74, 6) is 0. The van der Waals surface area contributed by atoms with Gasteiger partial charge >= 0.3 is 0 Å². The summed E-state index contributed by atoms with van der Waals surface area (Å²) in [6.45, 7) is 4.32. The SMILES string of the molecule is CC/C=C\C=C\C(O)C/C=C\C/C=C\CCCCC. The van der Waals surface area contributed by atoms with Crippen molar-refractivity contribution in [1.29, 1.82) is 0 Å². The summed E-state index contributed by atoms with van der Waals surface area (Å²) in [6, 6.07) is 0. The zero-order valence-electron chi connectivity index (χ0n) is 12.6. The highest BCUT2D eigenvalue weighted by Crippen LogP contribution is 2.01. The fourth-order valence-electron chi connectivity index (χ4n) is 1.62. The predicted octanol–water partition coefficient (Wildman–Crippen LogP) is 5.34. The topological polar surface area (TPSA) is 20.2 Å². The third-order valence-corrected chi connectivity index (χ3v) is 2.77. The molecule has 1 heteroatoms. The smallest absolute Gasteiger partial charge is 0.0758 e. The van der Waals surface area contributed by atoms with Crippen LogP contribution in [0, 0.1) is 0 Å². The average Bonchev–Trinajstić information content (AvgIpc) is 2.42. The first kappa shape index (κ1) is 17.9. The van der Waals surface area contributed by atoms with E-state index < -0.39 is 0 Å². The molecule has 0 amide bonds. The highest BCUT2D eigenvalue weighted by molar-refractivity contribution is 5.06. The summed E-state index contributed by atoms with van der Waals surface area (Å²) >= 11 is 0. The Bertz CT molecular complexity index is 284. The molecule has 0 saturated heterocycles. The molecule has 0 rings (SSSR count). The lowest BCUT2D eigenvalue weighted by molar-refractivity contribution is 0.227. The highest BCUT2D eigenvalue weighted by atomic mass is 16.3. The summed E-state index contributed by atoms with van der Waals surface area (Å²) in [5.41, 5.74) is 0. The molecule has 1 atom stereocenters. The van der Waals surface area contributed by atoms with Crippen LogP contribution in [0.25, 0.3) is 0 Å². The van der Waals surface area contributed by atoms with E-state index in [9.17, 15) is 5.11 Å². The van der Waals surface area contributed by atoms with E-state index in [1.54, 1.807) is 0 Å². The highest BCUT2D eigenvalue weighted by Gasteiger charge is 1.92. The molecule has 1 N–H and O–H groups in total. The Hall–Kier alpha value is -1.08. The number of hydrogen-bond acceptors (Lipinski definition) is 1. The lowest BCUT2D eigenvalue weighted by Crippen LogP contribution is -1.98. The number of aliphatic hydroxyl groups excluding tert-OH is 1. The van der Waals surface area contributed by atoms with E-state index in [1.807, 2.05) is 18.2 Å². The minimum absolute atomic E-state index is 0.369. The molecule has 19 heavy (non-hydrogen) atoms. The summed E-state index contributed by atoms with van der Waals surface area (Å²) in [4.78, 5) is 0. The van der Waals surface area contributed by atoms with Gasteiger partial charge in [0.05, 0.1) is 6.10 Å². The van der Waals surface area contributed by atoms with Crippen molar-refractivity contribution >= 4 is 0 Å². The van der Waals surface area contributed by atoms with Gasteiger partial charge in [-0.25, -0.2) is 0 Å². The lowest BCUT2D eigenvalue weighted by Gasteiger charge is -1.98. The van der Waals surface area contributed by atoms with E-state index >= 15 is 0 Å². The Morgan fingerprint density at radius 3 is 2.42 bits per heavy atom. The van der Waals surface area contributed by atoms with Crippen molar-refractivity contribution in [3.05, 3.63) is 48.6 Å². The van der Waals surface area contributed by atoms with Gasteiger partial charge in [0.15, 0.2) is 0 Å². The van der Waals surface area contributed by atoms with Gasteiger partial charge in [0.2, 0.25) is 0 Å². The molecule has 0 spiro atoms. The number of rotatable bonds is 11. The van der Waals surface area contributed by atoms with E-state index in [0.29, 0.717) is 6.42 Å². The van der Waals surface area contributed by atoms with Crippen LogP contribution in [0.3, 0.4) is 0 Å². The van der Waals surface area contributed by atoms with Crippen LogP contribution in [-0.2, 0) is 0 Å². The van der Waals surface area contributed by atoms with Gasteiger partial charge in [-0.2, -0.15) is 0 Å². The van der Waals surface area contributed by atoms with Crippen LogP contribution in [0.15, 0.2) is 48.6 Å². The molecule has 0 aromatic heterocycles. The zero-order chi connectivity index (χ0) is 14.2. The molecule has 1 unspecified atom stereocenters. The molecule has 0 aliphatic carbocycles. The predicted molar refractivity (Wildman–Crippen MR) is 86.2 cm³/mol. The second-order valence-electron chi connectivity index (χ2n) is 4.70. The Kier molecular flexibility index (Phi) is 14.1. The van der Waals surface area contributed by atoms with Gasteiger partial charge in [0.1, 0.15) is 0 Å². The maximum Gasteiger partial charge on any atom is 0.0758 e. The van der Waals surface area contributed by atoms with Crippen molar-refractivity contribution in [2.24, 2.45) is 0 Å². The molecule has 0 saturated carbocycles. The molecule has 0 aromatic rings. The van der Waals surface area contributed by atoms with Crippen LogP contribution < -0.4 is 0 Å². The standard InChI is InChI=1S/C18H30O/c1-3-5-7-9-10-11-12-13-15-17-18(19)16-14-8-6-4-2/h6,8,10-11,13-16,18-19H,3-5,7,9,12,17H2,1-2H3/b8-6-,11-10-,15-13-,16-14+. The normalized spacial score (nSPS) is 14.5. The van der Waals surface area contributed by atoms with E-state index in [2.05, 4.69) is 44.2 Å². The Labute approximate surface area is 119 Å². The first-order chi connectivity index (χ1) is 9.31. The number of aliphatic hydroxyl groups is 1. The molecule has 0 aliphatic heterocycles. The third-order valence-electron chi connectivity index (χ3n) is 2.77.